The molecule has 9 N–H and O–H groups in total. The Kier molecular flexibility index (Phi) is 18.6. The van der Waals surface area contributed by atoms with E-state index in [1.54, 1.807) is 54.6 Å². The predicted octanol–water partition coefficient (Wildman–Crippen LogP) is 3.33. The van der Waals surface area contributed by atoms with Gasteiger partial charge < -0.3 is 47.5 Å². The highest BCUT2D eigenvalue weighted by molar-refractivity contribution is 5.95. The summed E-state index contributed by atoms with van der Waals surface area (Å²) in [7, 11) is 0. The second-order valence-electron chi connectivity index (χ2n) is 16.4. The van der Waals surface area contributed by atoms with Crippen molar-refractivity contribution >= 4 is 41.6 Å². The van der Waals surface area contributed by atoms with E-state index in [4.69, 9.17) is 10.5 Å². The molecule has 65 heavy (non-hydrogen) atoms. The minimum Gasteiger partial charge on any atom is -0.480 e. The minimum atomic E-state index is -1.21. The molecule has 1 aliphatic carbocycles. The summed E-state index contributed by atoms with van der Waals surface area (Å²) in [6.45, 7) is 3.02. The number of alkyl carbamates (subject to hydrolysis) is 1. The van der Waals surface area contributed by atoms with E-state index < -0.39 is 78.9 Å². The minimum absolute atomic E-state index is 0.0365. The van der Waals surface area contributed by atoms with E-state index in [1.165, 1.54) is 0 Å². The Morgan fingerprint density at radius 2 is 1.09 bits per heavy atom. The summed E-state index contributed by atoms with van der Waals surface area (Å²) in [5.41, 5.74) is 11.2. The maximum atomic E-state index is 13.8. The molecule has 4 atom stereocenters. The molecular formula is C49H59N7O9. The van der Waals surface area contributed by atoms with Crippen molar-refractivity contribution in [3.8, 4) is 11.1 Å². The summed E-state index contributed by atoms with van der Waals surface area (Å²) in [5.74, 6) is -4.94. The van der Waals surface area contributed by atoms with Crippen LogP contribution in [-0.4, -0.2) is 97.1 Å². The summed E-state index contributed by atoms with van der Waals surface area (Å²) in [6.07, 6.45) is 0.744. The summed E-state index contributed by atoms with van der Waals surface area (Å²) in [5, 5.41) is 25.2. The molecule has 0 unspecified atom stereocenters. The van der Waals surface area contributed by atoms with Gasteiger partial charge in [-0.2, -0.15) is 0 Å². The zero-order valence-corrected chi connectivity index (χ0v) is 36.7. The van der Waals surface area contributed by atoms with Crippen molar-refractivity contribution in [1.82, 2.24) is 31.9 Å². The summed E-state index contributed by atoms with van der Waals surface area (Å²) < 4.78 is 5.70. The lowest BCUT2D eigenvalue weighted by molar-refractivity contribution is -0.142. The molecule has 5 rings (SSSR count). The topological polar surface area (TPSA) is 247 Å². The average Bonchev–Trinajstić information content (AvgIpc) is 3.62. The van der Waals surface area contributed by atoms with E-state index in [9.17, 15) is 38.7 Å². The number of unbranched alkanes of at least 4 members (excludes halogenated alkanes) is 1. The van der Waals surface area contributed by atoms with Crippen LogP contribution in [0.15, 0.2) is 109 Å². The van der Waals surface area contributed by atoms with Crippen LogP contribution in [0.4, 0.5) is 4.79 Å². The van der Waals surface area contributed by atoms with E-state index >= 15 is 0 Å². The molecular weight excluding hydrogens is 831 g/mol. The number of carbonyl (C=O) groups is 7. The lowest BCUT2D eigenvalue weighted by atomic mass is 9.98. The SMILES string of the molecule is CC(C)C[C@H](NC(=O)[C@H](Cc1ccccc1)NC(=O)CNC(=O)CNC(=O)[C@H](Cc1ccccc1)NC(=O)OCC1c2ccccc2-c2ccccc21)C(=O)N[C@@H](CCCCN)C(=O)O. The zero-order valence-electron chi connectivity index (χ0n) is 36.7. The first-order chi connectivity index (χ1) is 31.3. The number of carboxylic acids is 1. The largest absolute Gasteiger partial charge is 0.480 e. The van der Waals surface area contributed by atoms with E-state index in [0.29, 0.717) is 24.9 Å². The summed E-state index contributed by atoms with van der Waals surface area (Å²) in [4.78, 5) is 92.1. The molecule has 0 aromatic heterocycles. The van der Waals surface area contributed by atoms with Crippen LogP contribution in [0.2, 0.25) is 0 Å². The standard InChI is InChI=1S/C49H59N7O9/c1-31(2)25-40(46(60)54-39(48(62)63)23-13-14-24-50)55-47(61)42(27-33-17-7-4-8-18-33)53-44(58)29-51-43(57)28-52-45(59)41(26-32-15-5-3-6-16-32)56-49(64)65-30-38-36-21-11-9-19-34(36)35-20-10-12-22-37(35)38/h3-12,15-22,31,38-42H,13-14,23-30,50H2,1-2H3,(H,51,57)(H,52,59)(H,53,58)(H,54,60)(H,55,61)(H,56,64)(H,62,63)/t39-,40-,41-,42-/m0/s1. The third-order valence-electron chi connectivity index (χ3n) is 10.9. The van der Waals surface area contributed by atoms with E-state index in [0.717, 1.165) is 27.8 Å². The molecule has 0 bridgehead atoms. The van der Waals surface area contributed by atoms with Crippen LogP contribution in [0.25, 0.3) is 11.1 Å². The number of hydrogen-bond donors (Lipinski definition) is 8. The van der Waals surface area contributed by atoms with Gasteiger partial charge in [-0.15, -0.1) is 0 Å². The number of ether oxygens (including phenoxy) is 1. The molecule has 0 spiro atoms. The molecule has 0 saturated carbocycles. The van der Waals surface area contributed by atoms with Crippen molar-refractivity contribution in [1.29, 1.82) is 0 Å². The molecule has 16 heteroatoms. The molecule has 0 fully saturated rings. The summed E-state index contributed by atoms with van der Waals surface area (Å²) in [6, 6.07) is 29.1. The molecule has 16 nitrogen and oxygen atoms in total. The quantitative estimate of drug-likeness (QED) is 0.0477. The number of nitrogens with two attached hydrogens (primary N) is 1. The molecule has 4 aromatic rings. The molecule has 6 amide bonds. The molecule has 0 saturated heterocycles. The third kappa shape index (κ3) is 15.0. The first kappa shape index (κ1) is 49.0. The maximum Gasteiger partial charge on any atom is 0.407 e. The Morgan fingerprint density at radius 1 is 0.585 bits per heavy atom. The highest BCUT2D eigenvalue weighted by Gasteiger charge is 2.32. The molecule has 0 heterocycles. The van der Waals surface area contributed by atoms with Crippen molar-refractivity contribution in [2.75, 3.05) is 26.2 Å². The highest BCUT2D eigenvalue weighted by atomic mass is 16.5. The average molecular weight is 890 g/mol. The van der Waals surface area contributed by atoms with Crippen molar-refractivity contribution < 1.29 is 43.4 Å². The van der Waals surface area contributed by atoms with Crippen LogP contribution in [-0.2, 0) is 46.3 Å². The molecule has 4 aromatic carbocycles. The van der Waals surface area contributed by atoms with Crippen LogP contribution in [0.1, 0.15) is 67.7 Å². The van der Waals surface area contributed by atoms with Crippen LogP contribution in [0, 0.1) is 5.92 Å². The molecule has 1 aliphatic rings. The first-order valence-electron chi connectivity index (χ1n) is 21.9. The molecule has 0 aliphatic heterocycles. The normalized spacial score (nSPS) is 13.5. The Labute approximate surface area is 378 Å². The fourth-order valence-corrected chi connectivity index (χ4v) is 7.68. The number of hydrogen-bond acceptors (Lipinski definition) is 9. The van der Waals surface area contributed by atoms with Gasteiger partial charge in [0.1, 0.15) is 30.8 Å². The summed E-state index contributed by atoms with van der Waals surface area (Å²) >= 11 is 0. The van der Waals surface area contributed by atoms with Gasteiger partial charge >= 0.3 is 12.1 Å². The fraction of sp³-hybridized carbons (Fsp3) is 0.367. The Bertz CT molecular complexity index is 2210. The van der Waals surface area contributed by atoms with Crippen LogP contribution in [0.3, 0.4) is 0 Å². The van der Waals surface area contributed by atoms with Crippen LogP contribution < -0.4 is 37.6 Å². The lowest BCUT2D eigenvalue weighted by Crippen LogP contribution is -2.57. The van der Waals surface area contributed by atoms with E-state index in [-0.39, 0.29) is 44.1 Å². The number of nitrogens with one attached hydrogen (secondary N) is 6. The first-order valence-corrected chi connectivity index (χ1v) is 21.9. The van der Waals surface area contributed by atoms with Gasteiger partial charge in [-0.3, -0.25) is 24.0 Å². The maximum absolute atomic E-state index is 13.8. The van der Waals surface area contributed by atoms with Crippen LogP contribution >= 0.6 is 0 Å². The molecule has 0 radical (unpaired) electrons. The van der Waals surface area contributed by atoms with Gasteiger partial charge in [-0.25, -0.2) is 9.59 Å². The number of aliphatic carboxylic acids is 1. The number of amides is 6. The monoisotopic (exact) mass is 889 g/mol. The number of fused-ring (bicyclic) bond motifs is 3. The zero-order chi connectivity index (χ0) is 46.7. The van der Waals surface area contributed by atoms with Crippen molar-refractivity contribution in [2.45, 2.75) is 82.5 Å². The molecule has 344 valence electrons. The second-order valence-corrected chi connectivity index (χ2v) is 16.4. The lowest BCUT2D eigenvalue weighted by Gasteiger charge is -2.25. The van der Waals surface area contributed by atoms with Gasteiger partial charge in [0.05, 0.1) is 13.1 Å². The van der Waals surface area contributed by atoms with E-state index in [1.807, 2.05) is 68.4 Å². The van der Waals surface area contributed by atoms with Crippen molar-refractivity contribution in [3.05, 3.63) is 131 Å². The van der Waals surface area contributed by atoms with Gasteiger partial charge in [0.25, 0.3) is 0 Å². The van der Waals surface area contributed by atoms with Crippen molar-refractivity contribution in [2.24, 2.45) is 11.7 Å². The van der Waals surface area contributed by atoms with Crippen molar-refractivity contribution in [3.63, 3.8) is 0 Å². The smallest absolute Gasteiger partial charge is 0.407 e. The van der Waals surface area contributed by atoms with Gasteiger partial charge in [0, 0.05) is 18.8 Å². The fourth-order valence-electron chi connectivity index (χ4n) is 7.68. The third-order valence-corrected chi connectivity index (χ3v) is 10.9. The predicted molar refractivity (Wildman–Crippen MR) is 244 cm³/mol. The number of carbonyl (C=O) groups excluding carboxylic acids is 6. The van der Waals surface area contributed by atoms with E-state index in [2.05, 4.69) is 31.9 Å². The van der Waals surface area contributed by atoms with Crippen LogP contribution in [0.5, 0.6) is 0 Å². The van der Waals surface area contributed by atoms with Gasteiger partial charge in [0.2, 0.25) is 29.5 Å². The number of rotatable bonds is 24. The Balaban J connectivity index is 1.16. The Morgan fingerprint density at radius 3 is 1.65 bits per heavy atom. The van der Waals surface area contributed by atoms with Gasteiger partial charge in [-0.05, 0) is 71.5 Å². The van der Waals surface area contributed by atoms with Gasteiger partial charge in [-0.1, -0.05) is 123 Å². The number of carboxylic acid groups (broad SMARTS) is 1. The van der Waals surface area contributed by atoms with Gasteiger partial charge in [0.15, 0.2) is 0 Å². The number of benzene rings is 4. The highest BCUT2D eigenvalue weighted by Crippen LogP contribution is 2.44. The second kappa shape index (κ2) is 24.7. The Hall–Kier alpha value is -7.07.